The van der Waals surface area contributed by atoms with E-state index in [1.54, 1.807) is 12.0 Å². The molecule has 1 aliphatic rings. The number of nitrogens with zero attached hydrogens (tertiary/aromatic N) is 1. The first-order valence-electron chi connectivity index (χ1n) is 9.61. The van der Waals surface area contributed by atoms with Gasteiger partial charge < -0.3 is 19.7 Å². The fourth-order valence-electron chi connectivity index (χ4n) is 3.21. The Morgan fingerprint density at radius 1 is 1.19 bits per heavy atom. The SMILES string of the molecule is COCCNC(=O)C(=O)N1CCC(COc2ccccc2C(C)(C)C)CC1. The zero-order chi connectivity index (χ0) is 19.9. The summed E-state index contributed by atoms with van der Waals surface area (Å²) < 4.78 is 11.0. The third-order valence-electron chi connectivity index (χ3n) is 4.86. The molecule has 0 saturated carbocycles. The second kappa shape index (κ2) is 9.74. The number of rotatable bonds is 6. The van der Waals surface area contributed by atoms with Gasteiger partial charge in [-0.05, 0) is 35.8 Å². The minimum Gasteiger partial charge on any atom is -0.493 e. The lowest BCUT2D eigenvalue weighted by molar-refractivity contribution is -0.146. The van der Waals surface area contributed by atoms with E-state index in [2.05, 4.69) is 32.2 Å². The van der Waals surface area contributed by atoms with E-state index in [9.17, 15) is 9.59 Å². The number of nitrogens with one attached hydrogen (secondary N) is 1. The molecule has 1 N–H and O–H groups in total. The highest BCUT2D eigenvalue weighted by Crippen LogP contribution is 2.31. The number of carbonyl (C=O) groups is 2. The lowest BCUT2D eigenvalue weighted by Gasteiger charge is -2.32. The van der Waals surface area contributed by atoms with Crippen LogP contribution in [0.1, 0.15) is 39.2 Å². The summed E-state index contributed by atoms with van der Waals surface area (Å²) in [5, 5.41) is 2.58. The number of carbonyl (C=O) groups excluding carboxylic acids is 2. The Labute approximate surface area is 162 Å². The average Bonchev–Trinajstić information content (AvgIpc) is 2.66. The minimum absolute atomic E-state index is 0.0303. The second-order valence-corrected chi connectivity index (χ2v) is 8.04. The molecule has 1 fully saturated rings. The van der Waals surface area contributed by atoms with E-state index in [0.29, 0.717) is 38.8 Å². The minimum atomic E-state index is -0.555. The summed E-state index contributed by atoms with van der Waals surface area (Å²) in [4.78, 5) is 25.7. The Bertz CT molecular complexity index is 631. The smallest absolute Gasteiger partial charge is 0.311 e. The predicted octanol–water partition coefficient (Wildman–Crippen LogP) is 2.36. The van der Waals surface area contributed by atoms with Gasteiger partial charge in [0.2, 0.25) is 0 Å². The quantitative estimate of drug-likeness (QED) is 0.611. The first kappa shape index (κ1) is 21.2. The number of benzene rings is 1. The van der Waals surface area contributed by atoms with E-state index in [0.717, 1.165) is 18.6 Å². The van der Waals surface area contributed by atoms with Crippen molar-refractivity contribution in [3.05, 3.63) is 29.8 Å². The van der Waals surface area contributed by atoms with Crippen LogP contribution in [0.2, 0.25) is 0 Å². The van der Waals surface area contributed by atoms with Gasteiger partial charge in [-0.3, -0.25) is 9.59 Å². The van der Waals surface area contributed by atoms with Crippen LogP contribution in [-0.2, 0) is 19.7 Å². The monoisotopic (exact) mass is 376 g/mol. The third kappa shape index (κ3) is 6.24. The van der Waals surface area contributed by atoms with E-state index < -0.39 is 11.8 Å². The molecule has 0 unspecified atom stereocenters. The summed E-state index contributed by atoms with van der Waals surface area (Å²) >= 11 is 0. The van der Waals surface area contributed by atoms with Crippen molar-refractivity contribution >= 4 is 11.8 Å². The van der Waals surface area contributed by atoms with Gasteiger partial charge in [-0.15, -0.1) is 0 Å². The Hall–Kier alpha value is -2.08. The first-order valence-corrected chi connectivity index (χ1v) is 9.61. The van der Waals surface area contributed by atoms with Gasteiger partial charge in [0.15, 0.2) is 0 Å². The lowest BCUT2D eigenvalue weighted by atomic mass is 9.86. The van der Waals surface area contributed by atoms with Crippen LogP contribution in [0, 0.1) is 5.92 Å². The van der Waals surface area contributed by atoms with Crippen molar-refractivity contribution in [2.45, 2.75) is 39.0 Å². The number of amides is 2. The molecular formula is C21H32N2O4. The summed E-state index contributed by atoms with van der Waals surface area (Å²) in [6.07, 6.45) is 1.68. The van der Waals surface area contributed by atoms with Crippen LogP contribution in [0.3, 0.4) is 0 Å². The molecule has 0 aliphatic carbocycles. The number of methoxy groups -OCH3 is 1. The zero-order valence-electron chi connectivity index (χ0n) is 16.9. The van der Waals surface area contributed by atoms with E-state index in [-0.39, 0.29) is 5.41 Å². The highest BCUT2D eigenvalue weighted by atomic mass is 16.5. The van der Waals surface area contributed by atoms with Crippen molar-refractivity contribution in [1.29, 1.82) is 0 Å². The maximum absolute atomic E-state index is 12.2. The van der Waals surface area contributed by atoms with Crippen LogP contribution >= 0.6 is 0 Å². The van der Waals surface area contributed by atoms with Gasteiger partial charge in [-0.2, -0.15) is 0 Å². The summed E-state index contributed by atoms with van der Waals surface area (Å²) in [5.74, 6) is 0.309. The molecule has 1 aromatic carbocycles. The van der Waals surface area contributed by atoms with Crippen LogP contribution in [-0.4, -0.2) is 56.7 Å². The van der Waals surface area contributed by atoms with Gasteiger partial charge >= 0.3 is 11.8 Å². The highest BCUT2D eigenvalue weighted by Gasteiger charge is 2.27. The number of hydrogen-bond acceptors (Lipinski definition) is 4. The molecule has 0 radical (unpaired) electrons. The molecular weight excluding hydrogens is 344 g/mol. The van der Waals surface area contributed by atoms with Gasteiger partial charge in [0.25, 0.3) is 0 Å². The summed E-state index contributed by atoms with van der Waals surface area (Å²) in [5.41, 5.74) is 1.23. The van der Waals surface area contributed by atoms with Crippen LogP contribution in [0.25, 0.3) is 0 Å². The van der Waals surface area contributed by atoms with Crippen LogP contribution in [0.5, 0.6) is 5.75 Å². The molecule has 0 aromatic heterocycles. The van der Waals surface area contributed by atoms with Crippen LogP contribution in [0.4, 0.5) is 0 Å². The van der Waals surface area contributed by atoms with Gasteiger partial charge in [0.05, 0.1) is 13.2 Å². The number of hydrogen-bond donors (Lipinski definition) is 1. The second-order valence-electron chi connectivity index (χ2n) is 8.04. The molecule has 2 amide bonds. The third-order valence-corrected chi connectivity index (χ3v) is 4.86. The number of likely N-dealkylation sites (tertiary alicyclic amines) is 1. The van der Waals surface area contributed by atoms with Crippen molar-refractivity contribution in [3.8, 4) is 5.75 Å². The molecule has 0 spiro atoms. The Balaban J connectivity index is 1.80. The Morgan fingerprint density at radius 2 is 1.85 bits per heavy atom. The molecule has 1 saturated heterocycles. The molecule has 1 heterocycles. The van der Waals surface area contributed by atoms with Gasteiger partial charge in [-0.1, -0.05) is 39.0 Å². The van der Waals surface area contributed by atoms with Crippen LogP contribution < -0.4 is 10.1 Å². The maximum Gasteiger partial charge on any atom is 0.311 e. The van der Waals surface area contributed by atoms with Crippen LogP contribution in [0.15, 0.2) is 24.3 Å². The Kier molecular flexibility index (Phi) is 7.66. The predicted molar refractivity (Wildman–Crippen MR) is 105 cm³/mol. The molecule has 150 valence electrons. The lowest BCUT2D eigenvalue weighted by Crippen LogP contribution is -2.47. The van der Waals surface area contributed by atoms with E-state index in [1.807, 2.05) is 18.2 Å². The number of para-hydroxylation sites is 1. The van der Waals surface area contributed by atoms with Crippen molar-refractivity contribution in [1.82, 2.24) is 10.2 Å². The fourth-order valence-corrected chi connectivity index (χ4v) is 3.21. The molecule has 2 rings (SSSR count). The molecule has 0 bridgehead atoms. The largest absolute Gasteiger partial charge is 0.493 e. The molecule has 0 atom stereocenters. The summed E-state index contributed by atoms with van der Waals surface area (Å²) in [6, 6.07) is 8.16. The van der Waals surface area contributed by atoms with Gasteiger partial charge in [-0.25, -0.2) is 0 Å². The first-order chi connectivity index (χ1) is 12.8. The van der Waals surface area contributed by atoms with Gasteiger partial charge in [0, 0.05) is 26.7 Å². The molecule has 27 heavy (non-hydrogen) atoms. The fraction of sp³-hybridized carbons (Fsp3) is 0.619. The Morgan fingerprint density at radius 3 is 2.48 bits per heavy atom. The number of ether oxygens (including phenoxy) is 2. The van der Waals surface area contributed by atoms with Crippen molar-refractivity contribution in [2.75, 3.05) is 40.0 Å². The normalized spacial score (nSPS) is 15.5. The van der Waals surface area contributed by atoms with Crippen molar-refractivity contribution < 1.29 is 19.1 Å². The van der Waals surface area contributed by atoms with Gasteiger partial charge in [0.1, 0.15) is 5.75 Å². The molecule has 1 aromatic rings. The van der Waals surface area contributed by atoms with Crippen molar-refractivity contribution in [2.24, 2.45) is 5.92 Å². The van der Waals surface area contributed by atoms with E-state index in [1.165, 1.54) is 5.56 Å². The van der Waals surface area contributed by atoms with E-state index >= 15 is 0 Å². The average molecular weight is 376 g/mol. The topological polar surface area (TPSA) is 67.9 Å². The molecule has 6 nitrogen and oxygen atoms in total. The maximum atomic E-state index is 12.2. The highest BCUT2D eigenvalue weighted by molar-refractivity contribution is 6.35. The van der Waals surface area contributed by atoms with Crippen molar-refractivity contribution in [3.63, 3.8) is 0 Å². The zero-order valence-corrected chi connectivity index (χ0v) is 16.9. The standard InChI is InChI=1S/C21H32N2O4/c1-21(2,3)17-7-5-6-8-18(17)27-15-16-9-12-23(13-10-16)20(25)19(24)22-11-14-26-4/h5-8,16H,9-15H2,1-4H3,(H,22,24). The molecule has 6 heteroatoms. The summed E-state index contributed by atoms with van der Waals surface area (Å²) in [7, 11) is 1.56. The molecule has 1 aliphatic heterocycles. The van der Waals surface area contributed by atoms with E-state index in [4.69, 9.17) is 9.47 Å². The summed E-state index contributed by atoms with van der Waals surface area (Å²) in [6.45, 7) is 9.09. The number of piperidine rings is 1.